The van der Waals surface area contributed by atoms with E-state index in [-0.39, 0.29) is 17.9 Å². The molecule has 6 nitrogen and oxygen atoms in total. The van der Waals surface area contributed by atoms with E-state index in [4.69, 9.17) is 21.1 Å². The van der Waals surface area contributed by atoms with E-state index in [1.807, 2.05) is 6.92 Å². The number of carbonyl (C=O) groups excluding carboxylic acids is 2. The first-order valence-electron chi connectivity index (χ1n) is 9.80. The number of carbonyl (C=O) groups is 2. The fraction of sp³-hybridized carbons (Fsp3) is 0.364. The van der Waals surface area contributed by atoms with Crippen LogP contribution in [0.3, 0.4) is 0 Å². The first-order chi connectivity index (χ1) is 14.0. The zero-order valence-electron chi connectivity index (χ0n) is 16.4. The lowest BCUT2D eigenvalue weighted by molar-refractivity contribution is -0.116. The van der Waals surface area contributed by atoms with Crippen molar-refractivity contribution in [3.63, 3.8) is 0 Å². The van der Waals surface area contributed by atoms with Gasteiger partial charge in [0.05, 0.1) is 16.8 Å². The molecule has 1 saturated heterocycles. The van der Waals surface area contributed by atoms with Crippen LogP contribution < -0.4 is 15.4 Å². The molecule has 3 rings (SSSR count). The molecule has 0 radical (unpaired) electrons. The lowest BCUT2D eigenvalue weighted by Gasteiger charge is -2.12. The molecule has 0 bridgehead atoms. The second kappa shape index (κ2) is 10.3. The minimum absolute atomic E-state index is 0.0781. The molecule has 1 atom stereocenters. The number of benzene rings is 2. The first kappa shape index (κ1) is 21.1. The van der Waals surface area contributed by atoms with Gasteiger partial charge >= 0.3 is 0 Å². The molecule has 2 aromatic carbocycles. The van der Waals surface area contributed by atoms with Gasteiger partial charge in [0.25, 0.3) is 5.91 Å². The molecule has 29 heavy (non-hydrogen) atoms. The molecule has 0 saturated carbocycles. The quantitative estimate of drug-likeness (QED) is 0.642. The van der Waals surface area contributed by atoms with Crippen LogP contribution in [0.4, 0.5) is 11.4 Å². The van der Waals surface area contributed by atoms with Crippen LogP contribution >= 0.6 is 11.6 Å². The highest BCUT2D eigenvalue weighted by atomic mass is 35.5. The molecule has 2 amide bonds. The van der Waals surface area contributed by atoms with Crippen molar-refractivity contribution >= 4 is 34.8 Å². The van der Waals surface area contributed by atoms with Crippen LogP contribution in [0.2, 0.25) is 5.02 Å². The third kappa shape index (κ3) is 6.21. The topological polar surface area (TPSA) is 76.7 Å². The number of anilines is 2. The van der Waals surface area contributed by atoms with E-state index in [0.717, 1.165) is 25.9 Å². The van der Waals surface area contributed by atoms with Crippen molar-refractivity contribution in [2.45, 2.75) is 38.7 Å². The van der Waals surface area contributed by atoms with Crippen molar-refractivity contribution in [2.75, 3.05) is 23.8 Å². The van der Waals surface area contributed by atoms with Crippen molar-refractivity contribution in [3.8, 4) is 5.75 Å². The number of halogens is 1. The Hall–Kier alpha value is -2.57. The number of ether oxygens (including phenoxy) is 2. The van der Waals surface area contributed by atoms with E-state index in [1.165, 1.54) is 0 Å². The Morgan fingerprint density at radius 2 is 1.97 bits per heavy atom. The number of rotatable bonds is 8. The van der Waals surface area contributed by atoms with Crippen LogP contribution in [0, 0.1) is 0 Å². The average molecular weight is 417 g/mol. The summed E-state index contributed by atoms with van der Waals surface area (Å²) in [5, 5.41) is 5.97. The minimum atomic E-state index is -0.297. The molecular formula is C22H25ClN2O4. The van der Waals surface area contributed by atoms with Gasteiger partial charge in [-0.25, -0.2) is 0 Å². The predicted octanol–water partition coefficient (Wildman–Crippen LogP) is 4.89. The number of hydrogen-bond acceptors (Lipinski definition) is 4. The van der Waals surface area contributed by atoms with Gasteiger partial charge in [-0.2, -0.15) is 0 Å². The van der Waals surface area contributed by atoms with Gasteiger partial charge in [-0.15, -0.1) is 0 Å². The van der Waals surface area contributed by atoms with Crippen LogP contribution in [0.15, 0.2) is 42.5 Å². The standard InChI is InChI=1S/C22H25ClN2O4/c1-2-4-21(26)24-16-8-11-19(23)20(13-16)25-22(27)15-6-9-17(10-7-15)29-14-18-5-3-12-28-18/h6-11,13,18H,2-5,12,14H2,1H3,(H,24,26)(H,25,27)/t18-/m0/s1. The third-order valence-corrected chi connectivity index (χ3v) is 4.88. The van der Waals surface area contributed by atoms with Gasteiger partial charge < -0.3 is 20.1 Å². The molecule has 0 spiro atoms. The largest absolute Gasteiger partial charge is 0.491 e. The molecule has 1 aliphatic heterocycles. The Morgan fingerprint density at radius 1 is 1.17 bits per heavy atom. The van der Waals surface area contributed by atoms with E-state index in [1.54, 1.807) is 42.5 Å². The fourth-order valence-corrected chi connectivity index (χ4v) is 3.18. The second-order valence-corrected chi connectivity index (χ2v) is 7.32. The zero-order valence-corrected chi connectivity index (χ0v) is 17.1. The molecular weight excluding hydrogens is 392 g/mol. The van der Waals surface area contributed by atoms with Gasteiger partial charge in [0.15, 0.2) is 0 Å². The van der Waals surface area contributed by atoms with E-state index in [0.29, 0.717) is 40.7 Å². The minimum Gasteiger partial charge on any atom is -0.491 e. The molecule has 1 fully saturated rings. The number of nitrogens with one attached hydrogen (secondary N) is 2. The summed E-state index contributed by atoms with van der Waals surface area (Å²) >= 11 is 6.19. The van der Waals surface area contributed by atoms with Crippen molar-refractivity contribution in [2.24, 2.45) is 0 Å². The molecule has 0 aliphatic carbocycles. The lowest BCUT2D eigenvalue weighted by atomic mass is 10.2. The maximum Gasteiger partial charge on any atom is 0.255 e. The smallest absolute Gasteiger partial charge is 0.255 e. The van der Waals surface area contributed by atoms with Gasteiger partial charge in [-0.3, -0.25) is 9.59 Å². The highest BCUT2D eigenvalue weighted by Crippen LogP contribution is 2.26. The maximum atomic E-state index is 12.6. The van der Waals surface area contributed by atoms with Gasteiger partial charge in [-0.05, 0) is 61.7 Å². The highest BCUT2D eigenvalue weighted by Gasteiger charge is 2.16. The van der Waals surface area contributed by atoms with Gasteiger partial charge in [0.1, 0.15) is 12.4 Å². The summed E-state index contributed by atoms with van der Waals surface area (Å²) in [4.78, 5) is 24.3. The molecule has 2 N–H and O–H groups in total. The molecule has 0 unspecified atom stereocenters. The van der Waals surface area contributed by atoms with Crippen LogP contribution in [-0.4, -0.2) is 31.1 Å². The van der Waals surface area contributed by atoms with Crippen LogP contribution in [0.1, 0.15) is 43.0 Å². The molecule has 154 valence electrons. The van der Waals surface area contributed by atoms with Crippen molar-refractivity contribution in [3.05, 3.63) is 53.1 Å². The monoisotopic (exact) mass is 416 g/mol. The molecule has 1 aliphatic rings. The van der Waals surface area contributed by atoms with Crippen molar-refractivity contribution in [1.29, 1.82) is 0 Å². The summed E-state index contributed by atoms with van der Waals surface area (Å²) in [7, 11) is 0. The number of hydrogen-bond donors (Lipinski definition) is 2. The highest BCUT2D eigenvalue weighted by molar-refractivity contribution is 6.34. The summed E-state index contributed by atoms with van der Waals surface area (Å²) in [5.74, 6) is 0.316. The van der Waals surface area contributed by atoms with Gasteiger partial charge in [0, 0.05) is 24.3 Å². The number of amides is 2. The Bertz CT molecular complexity index is 848. The summed E-state index contributed by atoms with van der Waals surface area (Å²) in [6, 6.07) is 11.9. The van der Waals surface area contributed by atoms with Gasteiger partial charge in [-0.1, -0.05) is 18.5 Å². The third-order valence-electron chi connectivity index (χ3n) is 4.55. The Kier molecular flexibility index (Phi) is 7.49. The van der Waals surface area contributed by atoms with E-state index < -0.39 is 0 Å². The van der Waals surface area contributed by atoms with E-state index in [2.05, 4.69) is 10.6 Å². The second-order valence-electron chi connectivity index (χ2n) is 6.92. The summed E-state index contributed by atoms with van der Waals surface area (Å²) in [5.41, 5.74) is 1.50. The SMILES string of the molecule is CCCC(=O)Nc1ccc(Cl)c(NC(=O)c2ccc(OC[C@@H]3CCCO3)cc2)c1. The lowest BCUT2D eigenvalue weighted by Crippen LogP contribution is -2.16. The molecule has 0 aromatic heterocycles. The average Bonchev–Trinajstić information content (AvgIpc) is 3.23. The predicted molar refractivity (Wildman–Crippen MR) is 114 cm³/mol. The molecule has 1 heterocycles. The van der Waals surface area contributed by atoms with Gasteiger partial charge in [0.2, 0.25) is 5.91 Å². The van der Waals surface area contributed by atoms with Crippen LogP contribution in [0.25, 0.3) is 0 Å². The fourth-order valence-electron chi connectivity index (χ4n) is 3.01. The van der Waals surface area contributed by atoms with Crippen molar-refractivity contribution in [1.82, 2.24) is 0 Å². The zero-order chi connectivity index (χ0) is 20.6. The summed E-state index contributed by atoms with van der Waals surface area (Å²) in [6.45, 7) is 3.24. The summed E-state index contributed by atoms with van der Waals surface area (Å²) in [6.07, 6.45) is 3.42. The molecule has 7 heteroatoms. The Morgan fingerprint density at radius 3 is 2.66 bits per heavy atom. The van der Waals surface area contributed by atoms with Crippen molar-refractivity contribution < 1.29 is 19.1 Å². The maximum absolute atomic E-state index is 12.6. The Balaban J connectivity index is 1.59. The normalized spacial score (nSPS) is 15.7. The van der Waals surface area contributed by atoms with E-state index >= 15 is 0 Å². The first-order valence-corrected chi connectivity index (χ1v) is 10.2. The molecule has 2 aromatic rings. The van der Waals surface area contributed by atoms with Crippen LogP contribution in [0.5, 0.6) is 5.75 Å². The van der Waals surface area contributed by atoms with E-state index in [9.17, 15) is 9.59 Å². The summed E-state index contributed by atoms with van der Waals surface area (Å²) < 4.78 is 11.3. The Labute approximate surface area is 175 Å². The van der Waals surface area contributed by atoms with Crippen LogP contribution in [-0.2, 0) is 9.53 Å².